The van der Waals surface area contributed by atoms with Gasteiger partial charge in [0.25, 0.3) is 10.1 Å². The number of hydrogen-bond acceptors (Lipinski definition) is 4. The molecule has 1 atom stereocenters. The Morgan fingerprint density at radius 1 is 1.32 bits per heavy atom. The molecular formula is C12H18N2O4S. The van der Waals surface area contributed by atoms with Crippen LogP contribution >= 0.6 is 0 Å². The molecule has 7 heteroatoms. The van der Waals surface area contributed by atoms with E-state index in [-0.39, 0.29) is 24.6 Å². The quantitative estimate of drug-likeness (QED) is 0.481. The van der Waals surface area contributed by atoms with E-state index in [1.807, 2.05) is 30.3 Å². The van der Waals surface area contributed by atoms with Crippen molar-refractivity contribution < 1.29 is 17.8 Å². The minimum Gasteiger partial charge on any atom is -0.355 e. The number of hydrogen-bond donors (Lipinski definition) is 3. The van der Waals surface area contributed by atoms with Gasteiger partial charge in [-0.1, -0.05) is 30.3 Å². The summed E-state index contributed by atoms with van der Waals surface area (Å²) in [6.07, 6.45) is 0.577. The molecule has 1 rings (SSSR count). The molecule has 0 aliphatic heterocycles. The van der Waals surface area contributed by atoms with E-state index in [2.05, 4.69) is 5.32 Å². The lowest BCUT2D eigenvalue weighted by Gasteiger charge is -2.12. The van der Waals surface area contributed by atoms with Gasteiger partial charge in [0.2, 0.25) is 5.91 Å². The molecule has 0 spiro atoms. The zero-order valence-corrected chi connectivity index (χ0v) is 11.3. The third-order valence-electron chi connectivity index (χ3n) is 2.51. The predicted molar refractivity (Wildman–Crippen MR) is 72.2 cm³/mol. The maximum Gasteiger partial charge on any atom is 0.264 e. The van der Waals surface area contributed by atoms with Gasteiger partial charge in [0.1, 0.15) is 0 Å². The summed E-state index contributed by atoms with van der Waals surface area (Å²) in [5.41, 5.74) is 6.70. The van der Waals surface area contributed by atoms with Crippen molar-refractivity contribution in [1.29, 1.82) is 0 Å². The third-order valence-corrected chi connectivity index (χ3v) is 3.32. The summed E-state index contributed by atoms with van der Waals surface area (Å²) < 4.78 is 29.5. The largest absolute Gasteiger partial charge is 0.355 e. The van der Waals surface area contributed by atoms with E-state index in [0.29, 0.717) is 6.42 Å². The first-order valence-corrected chi connectivity index (χ1v) is 7.52. The Morgan fingerprint density at radius 3 is 2.53 bits per heavy atom. The number of nitrogens with one attached hydrogen (secondary N) is 1. The summed E-state index contributed by atoms with van der Waals surface area (Å²) in [6.45, 7) is 0.168. The molecule has 0 unspecified atom stereocenters. The van der Waals surface area contributed by atoms with E-state index in [1.54, 1.807) is 0 Å². The summed E-state index contributed by atoms with van der Waals surface area (Å²) in [5, 5.41) is 2.54. The molecule has 0 heterocycles. The van der Waals surface area contributed by atoms with Crippen LogP contribution in [-0.4, -0.2) is 37.2 Å². The number of carbonyl (C=O) groups excluding carboxylic acids is 1. The highest BCUT2D eigenvalue weighted by molar-refractivity contribution is 7.85. The Bertz CT molecular complexity index is 502. The first-order valence-electron chi connectivity index (χ1n) is 5.91. The van der Waals surface area contributed by atoms with Gasteiger partial charge in [-0.15, -0.1) is 0 Å². The van der Waals surface area contributed by atoms with Gasteiger partial charge in [0.15, 0.2) is 0 Å². The maximum absolute atomic E-state index is 11.6. The van der Waals surface area contributed by atoms with E-state index in [4.69, 9.17) is 10.3 Å². The Balaban J connectivity index is 2.29. The Kier molecular flexibility index (Phi) is 5.94. The van der Waals surface area contributed by atoms with Gasteiger partial charge in [-0.3, -0.25) is 9.35 Å². The summed E-state index contributed by atoms with van der Waals surface area (Å²) >= 11 is 0. The highest BCUT2D eigenvalue weighted by atomic mass is 32.2. The first kappa shape index (κ1) is 15.6. The Labute approximate surface area is 112 Å². The second kappa shape index (κ2) is 7.22. The van der Waals surface area contributed by atoms with Crippen LogP contribution in [0.1, 0.15) is 12.0 Å². The van der Waals surface area contributed by atoms with Crippen LogP contribution in [0.2, 0.25) is 0 Å². The molecule has 4 N–H and O–H groups in total. The normalized spacial score (nSPS) is 12.9. The molecule has 1 aromatic carbocycles. The molecule has 1 aromatic rings. The van der Waals surface area contributed by atoms with Crippen molar-refractivity contribution in [2.24, 2.45) is 5.73 Å². The zero-order chi connectivity index (χ0) is 14.3. The van der Waals surface area contributed by atoms with Crippen molar-refractivity contribution in [3.63, 3.8) is 0 Å². The number of amides is 1. The lowest BCUT2D eigenvalue weighted by Crippen LogP contribution is -2.42. The van der Waals surface area contributed by atoms with Crippen LogP contribution in [0.15, 0.2) is 30.3 Å². The topological polar surface area (TPSA) is 109 Å². The average Bonchev–Trinajstić information content (AvgIpc) is 2.34. The predicted octanol–water partition coefficient (Wildman–Crippen LogP) is -0.0495. The maximum atomic E-state index is 11.6. The van der Waals surface area contributed by atoms with E-state index in [0.717, 1.165) is 5.56 Å². The Hall–Kier alpha value is -1.44. The highest BCUT2D eigenvalue weighted by Gasteiger charge is 2.13. The summed E-state index contributed by atoms with van der Waals surface area (Å²) in [7, 11) is -3.97. The second-order valence-electron chi connectivity index (χ2n) is 4.23. The molecule has 0 aliphatic carbocycles. The van der Waals surface area contributed by atoms with Crippen LogP contribution in [0.3, 0.4) is 0 Å². The molecule has 19 heavy (non-hydrogen) atoms. The standard InChI is InChI=1S/C12H18N2O4S/c13-11(9-10-5-2-1-3-6-10)12(15)14-7-4-8-19(16,17)18/h1-3,5-6,11H,4,7-9,13H2,(H,14,15)(H,16,17,18)/t11-/m0/s1. The molecule has 0 saturated carbocycles. The van der Waals surface area contributed by atoms with Crippen molar-refractivity contribution >= 4 is 16.0 Å². The minimum atomic E-state index is -3.97. The molecule has 0 aliphatic rings. The first-order chi connectivity index (χ1) is 8.88. The van der Waals surface area contributed by atoms with Crippen LogP contribution in [-0.2, 0) is 21.3 Å². The second-order valence-corrected chi connectivity index (χ2v) is 5.80. The zero-order valence-electron chi connectivity index (χ0n) is 10.5. The highest BCUT2D eigenvalue weighted by Crippen LogP contribution is 2.01. The smallest absolute Gasteiger partial charge is 0.264 e. The molecule has 0 aromatic heterocycles. The number of nitrogens with two attached hydrogens (primary N) is 1. The molecular weight excluding hydrogens is 268 g/mol. The van der Waals surface area contributed by atoms with Crippen molar-refractivity contribution in [1.82, 2.24) is 5.32 Å². The van der Waals surface area contributed by atoms with Crippen molar-refractivity contribution in [2.75, 3.05) is 12.3 Å². The number of carbonyl (C=O) groups is 1. The van der Waals surface area contributed by atoms with E-state index in [9.17, 15) is 13.2 Å². The molecule has 1 amide bonds. The van der Waals surface area contributed by atoms with Crippen LogP contribution in [0.25, 0.3) is 0 Å². The molecule has 0 radical (unpaired) electrons. The molecule has 106 valence electrons. The van der Waals surface area contributed by atoms with Crippen LogP contribution in [0.4, 0.5) is 0 Å². The van der Waals surface area contributed by atoms with Gasteiger partial charge in [0, 0.05) is 6.54 Å². The number of benzene rings is 1. The lowest BCUT2D eigenvalue weighted by molar-refractivity contribution is -0.122. The van der Waals surface area contributed by atoms with Crippen molar-refractivity contribution in [3.8, 4) is 0 Å². The number of rotatable bonds is 7. The van der Waals surface area contributed by atoms with Gasteiger partial charge in [-0.05, 0) is 18.4 Å². The summed E-state index contributed by atoms with van der Waals surface area (Å²) in [5.74, 6) is -0.708. The van der Waals surface area contributed by atoms with E-state index < -0.39 is 16.2 Å². The van der Waals surface area contributed by atoms with Gasteiger partial charge >= 0.3 is 0 Å². The van der Waals surface area contributed by atoms with Gasteiger partial charge < -0.3 is 11.1 Å². The van der Waals surface area contributed by atoms with Gasteiger partial charge in [-0.25, -0.2) is 0 Å². The SMILES string of the molecule is N[C@@H](Cc1ccccc1)C(=O)NCCCS(=O)(=O)O. The van der Waals surface area contributed by atoms with Crippen molar-refractivity contribution in [3.05, 3.63) is 35.9 Å². The molecule has 6 nitrogen and oxygen atoms in total. The van der Waals surface area contributed by atoms with Gasteiger partial charge in [0.05, 0.1) is 11.8 Å². The summed E-state index contributed by atoms with van der Waals surface area (Å²) in [6, 6.07) is 8.70. The fourth-order valence-electron chi connectivity index (χ4n) is 1.56. The van der Waals surface area contributed by atoms with Gasteiger partial charge in [-0.2, -0.15) is 8.42 Å². The summed E-state index contributed by atoms with van der Waals surface area (Å²) in [4.78, 5) is 11.6. The monoisotopic (exact) mass is 286 g/mol. The fourth-order valence-corrected chi connectivity index (χ4v) is 2.07. The average molecular weight is 286 g/mol. The fraction of sp³-hybridized carbons (Fsp3) is 0.417. The van der Waals surface area contributed by atoms with E-state index >= 15 is 0 Å². The van der Waals surface area contributed by atoms with E-state index in [1.165, 1.54) is 0 Å². The molecule has 0 bridgehead atoms. The Morgan fingerprint density at radius 2 is 1.95 bits per heavy atom. The molecule has 0 saturated heterocycles. The van der Waals surface area contributed by atoms with Crippen molar-refractivity contribution in [2.45, 2.75) is 18.9 Å². The lowest BCUT2D eigenvalue weighted by atomic mass is 10.1. The van der Waals surface area contributed by atoms with Crippen LogP contribution in [0.5, 0.6) is 0 Å². The third kappa shape index (κ3) is 6.90. The van der Waals surface area contributed by atoms with Crippen LogP contribution in [0, 0.1) is 0 Å². The minimum absolute atomic E-state index is 0.155. The molecule has 0 fully saturated rings. The van der Waals surface area contributed by atoms with Crippen LogP contribution < -0.4 is 11.1 Å².